The third-order valence-electron chi connectivity index (χ3n) is 2.86. The van der Waals surface area contributed by atoms with Crippen molar-refractivity contribution in [2.45, 2.75) is 6.42 Å². The molecule has 0 spiro atoms. The maximum absolute atomic E-state index is 5.42. The second-order valence-corrected chi connectivity index (χ2v) is 4.26. The van der Waals surface area contributed by atoms with Crippen molar-refractivity contribution in [1.82, 2.24) is 4.98 Å². The molecule has 0 aliphatic carbocycles. The van der Waals surface area contributed by atoms with Crippen LogP contribution in [0.2, 0.25) is 0 Å². The van der Waals surface area contributed by atoms with Gasteiger partial charge in [0.05, 0.1) is 18.7 Å². The third kappa shape index (κ3) is 4.19. The van der Waals surface area contributed by atoms with Crippen LogP contribution >= 0.6 is 0 Å². The predicted molar refractivity (Wildman–Crippen MR) is 77.5 cm³/mol. The number of methoxy groups -OCH3 is 1. The van der Waals surface area contributed by atoms with Gasteiger partial charge in [-0.3, -0.25) is 4.98 Å². The minimum absolute atomic E-state index is 0.655. The molecule has 1 N–H and O–H groups in total. The minimum Gasteiger partial charge on any atom is -0.384 e. The van der Waals surface area contributed by atoms with Gasteiger partial charge in [-0.2, -0.15) is 0 Å². The molecule has 4 heteroatoms. The second kappa shape index (κ2) is 7.71. The van der Waals surface area contributed by atoms with E-state index in [4.69, 9.17) is 9.47 Å². The summed E-state index contributed by atoms with van der Waals surface area (Å²) in [5, 5.41) is 4.58. The Labute approximate surface area is 113 Å². The lowest BCUT2D eigenvalue weighted by Gasteiger charge is -2.09. The van der Waals surface area contributed by atoms with E-state index in [1.807, 2.05) is 30.5 Å². The number of fused-ring (bicyclic) bond motifs is 1. The highest BCUT2D eigenvalue weighted by Gasteiger charge is 1.99. The maximum Gasteiger partial charge on any atom is 0.0722 e. The highest BCUT2D eigenvalue weighted by atomic mass is 16.5. The Balaban J connectivity index is 1.78. The fraction of sp³-hybridized carbons (Fsp3) is 0.400. The fourth-order valence-corrected chi connectivity index (χ4v) is 1.89. The lowest BCUT2D eigenvalue weighted by atomic mass is 10.2. The Morgan fingerprint density at radius 3 is 2.89 bits per heavy atom. The van der Waals surface area contributed by atoms with Crippen LogP contribution in [0.4, 0.5) is 5.69 Å². The summed E-state index contributed by atoms with van der Waals surface area (Å²) in [5.74, 6) is 0. The molecule has 0 atom stereocenters. The Bertz CT molecular complexity index is 497. The van der Waals surface area contributed by atoms with Crippen molar-refractivity contribution in [3.8, 4) is 0 Å². The first-order valence-electron chi connectivity index (χ1n) is 6.56. The Hall–Kier alpha value is -1.65. The second-order valence-electron chi connectivity index (χ2n) is 4.26. The first-order chi connectivity index (χ1) is 9.42. The Morgan fingerprint density at radius 1 is 1.11 bits per heavy atom. The minimum atomic E-state index is 0.655. The van der Waals surface area contributed by atoms with Gasteiger partial charge in [0.15, 0.2) is 0 Å². The zero-order valence-electron chi connectivity index (χ0n) is 11.3. The molecule has 0 radical (unpaired) electrons. The molecule has 2 aromatic rings. The van der Waals surface area contributed by atoms with E-state index in [0.29, 0.717) is 13.2 Å². The SMILES string of the molecule is COCCOCCCNc1ccnc2ccccc12. The number of para-hydroxylation sites is 1. The number of nitrogens with one attached hydrogen (secondary N) is 1. The van der Waals surface area contributed by atoms with Crippen LogP contribution in [0.25, 0.3) is 10.9 Å². The van der Waals surface area contributed by atoms with Crippen LogP contribution in [0.1, 0.15) is 6.42 Å². The van der Waals surface area contributed by atoms with E-state index in [0.717, 1.165) is 36.2 Å². The van der Waals surface area contributed by atoms with Gasteiger partial charge in [0.1, 0.15) is 0 Å². The van der Waals surface area contributed by atoms with Crippen LogP contribution in [0.5, 0.6) is 0 Å². The molecule has 4 nitrogen and oxygen atoms in total. The molecule has 1 heterocycles. The van der Waals surface area contributed by atoms with Crippen LogP contribution in [0.15, 0.2) is 36.5 Å². The molecule has 1 aromatic heterocycles. The summed E-state index contributed by atoms with van der Waals surface area (Å²) in [7, 11) is 1.68. The number of nitrogens with zero attached hydrogens (tertiary/aromatic N) is 1. The Morgan fingerprint density at radius 2 is 2.00 bits per heavy atom. The molecule has 1 aromatic carbocycles. The van der Waals surface area contributed by atoms with Crippen molar-refractivity contribution in [3.05, 3.63) is 36.5 Å². The maximum atomic E-state index is 5.42. The van der Waals surface area contributed by atoms with Crippen LogP contribution in [-0.4, -0.2) is 38.5 Å². The number of benzene rings is 1. The molecule has 0 unspecified atom stereocenters. The van der Waals surface area contributed by atoms with Gasteiger partial charge in [-0.15, -0.1) is 0 Å². The zero-order chi connectivity index (χ0) is 13.3. The molecule has 2 rings (SSSR count). The van der Waals surface area contributed by atoms with Crippen molar-refractivity contribution in [3.63, 3.8) is 0 Å². The molecule has 19 heavy (non-hydrogen) atoms. The van der Waals surface area contributed by atoms with Crippen molar-refractivity contribution in [1.29, 1.82) is 0 Å². The van der Waals surface area contributed by atoms with Crippen molar-refractivity contribution < 1.29 is 9.47 Å². The fourth-order valence-electron chi connectivity index (χ4n) is 1.89. The normalized spacial score (nSPS) is 10.8. The van der Waals surface area contributed by atoms with Gasteiger partial charge in [0.25, 0.3) is 0 Å². The van der Waals surface area contributed by atoms with Gasteiger partial charge >= 0.3 is 0 Å². The average molecular weight is 260 g/mol. The number of ether oxygens (including phenoxy) is 2. The third-order valence-corrected chi connectivity index (χ3v) is 2.86. The first-order valence-corrected chi connectivity index (χ1v) is 6.56. The van der Waals surface area contributed by atoms with Crippen LogP contribution in [-0.2, 0) is 9.47 Å². The number of hydrogen-bond acceptors (Lipinski definition) is 4. The van der Waals surface area contributed by atoms with Gasteiger partial charge in [-0.05, 0) is 18.6 Å². The number of pyridine rings is 1. The summed E-state index contributed by atoms with van der Waals surface area (Å²) in [6, 6.07) is 10.1. The zero-order valence-corrected chi connectivity index (χ0v) is 11.3. The van der Waals surface area contributed by atoms with Gasteiger partial charge < -0.3 is 14.8 Å². The summed E-state index contributed by atoms with van der Waals surface area (Å²) in [6.45, 7) is 2.96. The molecular weight excluding hydrogens is 240 g/mol. The van der Waals surface area contributed by atoms with E-state index >= 15 is 0 Å². The lowest BCUT2D eigenvalue weighted by Crippen LogP contribution is -2.08. The number of rotatable bonds is 8. The number of aromatic nitrogens is 1. The highest BCUT2D eigenvalue weighted by molar-refractivity contribution is 5.90. The first kappa shape index (κ1) is 13.8. The Kier molecular flexibility index (Phi) is 5.59. The summed E-state index contributed by atoms with van der Waals surface area (Å²) in [5.41, 5.74) is 2.14. The standard InChI is InChI=1S/C15H20N2O2/c1-18-11-12-19-10-4-8-16-15-7-9-17-14-6-3-2-5-13(14)15/h2-3,5-7,9H,4,8,10-12H2,1H3,(H,16,17). The topological polar surface area (TPSA) is 43.4 Å². The quantitative estimate of drug-likeness (QED) is 0.741. The average Bonchev–Trinajstić information content (AvgIpc) is 2.46. The summed E-state index contributed by atoms with van der Waals surface area (Å²) in [4.78, 5) is 4.34. The molecule has 0 saturated carbocycles. The monoisotopic (exact) mass is 260 g/mol. The lowest BCUT2D eigenvalue weighted by molar-refractivity contribution is 0.0705. The molecule has 0 amide bonds. The van der Waals surface area contributed by atoms with Crippen LogP contribution in [0, 0.1) is 0 Å². The van der Waals surface area contributed by atoms with E-state index in [9.17, 15) is 0 Å². The highest BCUT2D eigenvalue weighted by Crippen LogP contribution is 2.20. The molecule has 0 bridgehead atoms. The molecular formula is C15H20N2O2. The van der Waals surface area contributed by atoms with E-state index in [1.165, 1.54) is 0 Å². The van der Waals surface area contributed by atoms with Crippen molar-refractivity contribution in [2.24, 2.45) is 0 Å². The molecule has 102 valence electrons. The van der Waals surface area contributed by atoms with E-state index in [-0.39, 0.29) is 0 Å². The van der Waals surface area contributed by atoms with Crippen LogP contribution in [0.3, 0.4) is 0 Å². The number of hydrogen-bond donors (Lipinski definition) is 1. The number of anilines is 1. The summed E-state index contributed by atoms with van der Waals surface area (Å²) in [6.07, 6.45) is 2.81. The summed E-state index contributed by atoms with van der Waals surface area (Å²) >= 11 is 0. The summed E-state index contributed by atoms with van der Waals surface area (Å²) < 4.78 is 10.3. The molecule has 0 aliphatic heterocycles. The smallest absolute Gasteiger partial charge is 0.0722 e. The van der Waals surface area contributed by atoms with E-state index in [2.05, 4.69) is 16.4 Å². The van der Waals surface area contributed by atoms with Gasteiger partial charge in [-0.1, -0.05) is 18.2 Å². The van der Waals surface area contributed by atoms with E-state index < -0.39 is 0 Å². The molecule has 0 aliphatic rings. The van der Waals surface area contributed by atoms with Gasteiger partial charge in [0, 0.05) is 37.5 Å². The molecule has 0 saturated heterocycles. The molecule has 0 fully saturated rings. The van der Waals surface area contributed by atoms with E-state index in [1.54, 1.807) is 7.11 Å². The predicted octanol–water partition coefficient (Wildman–Crippen LogP) is 2.70. The van der Waals surface area contributed by atoms with Crippen LogP contribution < -0.4 is 5.32 Å². The van der Waals surface area contributed by atoms with Crippen molar-refractivity contribution in [2.75, 3.05) is 38.8 Å². The van der Waals surface area contributed by atoms with Crippen molar-refractivity contribution >= 4 is 16.6 Å². The van der Waals surface area contributed by atoms with Gasteiger partial charge in [-0.25, -0.2) is 0 Å². The largest absolute Gasteiger partial charge is 0.384 e. The van der Waals surface area contributed by atoms with Gasteiger partial charge in [0.2, 0.25) is 0 Å².